The SMILES string of the molecule is C#CCSC1NNC(C2C=CCO2)N1. The highest BCUT2D eigenvalue weighted by atomic mass is 32.2. The van der Waals surface area contributed by atoms with E-state index in [0.717, 1.165) is 0 Å². The van der Waals surface area contributed by atoms with Crippen LogP contribution >= 0.6 is 11.8 Å². The second-order valence-electron chi connectivity index (χ2n) is 3.05. The first-order chi connectivity index (χ1) is 6.90. The van der Waals surface area contributed by atoms with Crippen molar-refractivity contribution in [3.63, 3.8) is 0 Å². The Morgan fingerprint density at radius 2 is 2.50 bits per heavy atom. The number of hydrogen-bond acceptors (Lipinski definition) is 5. The summed E-state index contributed by atoms with van der Waals surface area (Å²) in [5.74, 6) is 3.28. The molecule has 2 aliphatic heterocycles. The minimum absolute atomic E-state index is 0.110. The van der Waals surface area contributed by atoms with Crippen LogP contribution < -0.4 is 16.2 Å². The van der Waals surface area contributed by atoms with E-state index in [1.807, 2.05) is 6.08 Å². The van der Waals surface area contributed by atoms with Crippen LogP contribution in [0.25, 0.3) is 0 Å². The number of ether oxygens (including phenoxy) is 1. The summed E-state index contributed by atoms with van der Waals surface area (Å²) < 4.78 is 5.46. The summed E-state index contributed by atoms with van der Waals surface area (Å²) in [5.41, 5.74) is 6.40. The number of rotatable bonds is 3. The van der Waals surface area contributed by atoms with Crippen LogP contribution in [0.4, 0.5) is 0 Å². The summed E-state index contributed by atoms with van der Waals surface area (Å²) in [6, 6.07) is 0. The van der Waals surface area contributed by atoms with Crippen LogP contribution in [0.15, 0.2) is 12.2 Å². The van der Waals surface area contributed by atoms with Gasteiger partial charge in [-0.1, -0.05) is 18.1 Å². The third-order valence-electron chi connectivity index (χ3n) is 2.07. The van der Waals surface area contributed by atoms with Gasteiger partial charge in [-0.15, -0.1) is 18.2 Å². The highest BCUT2D eigenvalue weighted by molar-refractivity contribution is 8.00. The van der Waals surface area contributed by atoms with Gasteiger partial charge in [0.05, 0.1) is 12.4 Å². The van der Waals surface area contributed by atoms with Crippen LogP contribution in [0.1, 0.15) is 0 Å². The highest BCUT2D eigenvalue weighted by Crippen LogP contribution is 2.13. The molecule has 0 aliphatic carbocycles. The van der Waals surface area contributed by atoms with E-state index in [9.17, 15) is 0 Å². The quantitative estimate of drug-likeness (QED) is 0.438. The average Bonchev–Trinajstić information content (AvgIpc) is 2.85. The van der Waals surface area contributed by atoms with Gasteiger partial charge in [-0.2, -0.15) is 0 Å². The largest absolute Gasteiger partial charge is 0.367 e. The van der Waals surface area contributed by atoms with Gasteiger partial charge in [0.15, 0.2) is 0 Å². The third kappa shape index (κ3) is 2.29. The molecule has 0 bridgehead atoms. The molecule has 1 saturated heterocycles. The van der Waals surface area contributed by atoms with Crippen molar-refractivity contribution in [2.45, 2.75) is 17.8 Å². The maximum atomic E-state index is 5.46. The molecule has 0 radical (unpaired) electrons. The van der Waals surface area contributed by atoms with Gasteiger partial charge < -0.3 is 4.74 Å². The van der Waals surface area contributed by atoms with Crippen molar-refractivity contribution in [2.75, 3.05) is 12.4 Å². The molecule has 1 fully saturated rings. The first-order valence-corrected chi connectivity index (χ1v) is 5.55. The standard InChI is InChI=1S/C9H13N3OS/c1-2-6-14-9-10-8(11-12-9)7-4-3-5-13-7/h1,3-4,7-12H,5-6H2. The first kappa shape index (κ1) is 10.0. The van der Waals surface area contributed by atoms with Crippen molar-refractivity contribution in [1.29, 1.82) is 0 Å². The molecule has 0 aromatic rings. The predicted octanol–water partition coefficient (Wildman–Crippen LogP) is -0.385. The van der Waals surface area contributed by atoms with E-state index < -0.39 is 0 Å². The minimum atomic E-state index is 0.110. The molecular formula is C9H13N3OS. The van der Waals surface area contributed by atoms with Gasteiger partial charge in [0.2, 0.25) is 0 Å². The van der Waals surface area contributed by atoms with Crippen molar-refractivity contribution in [3.05, 3.63) is 12.2 Å². The smallest absolute Gasteiger partial charge is 0.120 e. The van der Waals surface area contributed by atoms with E-state index in [1.54, 1.807) is 11.8 Å². The van der Waals surface area contributed by atoms with E-state index in [-0.39, 0.29) is 17.8 Å². The van der Waals surface area contributed by atoms with Gasteiger partial charge in [-0.05, 0) is 0 Å². The summed E-state index contributed by atoms with van der Waals surface area (Å²) in [4.78, 5) is 0. The number of terminal acetylenes is 1. The van der Waals surface area contributed by atoms with Crippen LogP contribution in [-0.4, -0.2) is 30.1 Å². The third-order valence-corrected chi connectivity index (χ3v) is 2.99. The number of hydrogen-bond donors (Lipinski definition) is 3. The maximum absolute atomic E-state index is 5.46. The Morgan fingerprint density at radius 3 is 3.21 bits per heavy atom. The Labute approximate surface area is 87.8 Å². The zero-order chi connectivity index (χ0) is 9.80. The fourth-order valence-corrected chi connectivity index (χ4v) is 2.09. The first-order valence-electron chi connectivity index (χ1n) is 4.50. The minimum Gasteiger partial charge on any atom is -0.367 e. The molecule has 0 aromatic carbocycles. The zero-order valence-corrected chi connectivity index (χ0v) is 8.51. The lowest BCUT2D eigenvalue weighted by Gasteiger charge is -2.16. The highest BCUT2D eigenvalue weighted by Gasteiger charge is 2.29. The summed E-state index contributed by atoms with van der Waals surface area (Å²) in [5, 5.41) is 3.34. The van der Waals surface area contributed by atoms with E-state index in [4.69, 9.17) is 11.2 Å². The van der Waals surface area contributed by atoms with E-state index in [2.05, 4.69) is 28.2 Å². The van der Waals surface area contributed by atoms with Gasteiger partial charge >= 0.3 is 0 Å². The molecule has 3 atom stereocenters. The van der Waals surface area contributed by atoms with Gasteiger partial charge in [0, 0.05) is 0 Å². The fourth-order valence-electron chi connectivity index (χ4n) is 1.43. The molecule has 3 N–H and O–H groups in total. The van der Waals surface area contributed by atoms with Crippen LogP contribution in [0.5, 0.6) is 0 Å². The molecule has 0 aromatic heterocycles. The Balaban J connectivity index is 1.77. The maximum Gasteiger partial charge on any atom is 0.120 e. The van der Waals surface area contributed by atoms with Crippen molar-refractivity contribution in [1.82, 2.24) is 16.2 Å². The molecule has 4 nitrogen and oxygen atoms in total. The summed E-state index contributed by atoms with van der Waals surface area (Å²) in [6.07, 6.45) is 9.50. The fraction of sp³-hybridized carbons (Fsp3) is 0.556. The van der Waals surface area contributed by atoms with E-state index in [1.165, 1.54) is 0 Å². The number of nitrogens with one attached hydrogen (secondary N) is 3. The Bertz CT molecular complexity index is 263. The molecule has 76 valence electrons. The Kier molecular flexibility index (Phi) is 3.45. The van der Waals surface area contributed by atoms with Crippen molar-refractivity contribution < 1.29 is 4.74 Å². The molecule has 2 rings (SSSR count). The predicted molar refractivity (Wildman–Crippen MR) is 57.2 cm³/mol. The molecule has 0 amide bonds. The monoisotopic (exact) mass is 211 g/mol. The van der Waals surface area contributed by atoms with Crippen LogP contribution in [0.3, 0.4) is 0 Å². The second kappa shape index (κ2) is 4.82. The molecular weight excluding hydrogens is 198 g/mol. The average molecular weight is 211 g/mol. The molecule has 0 saturated carbocycles. The Hall–Kier alpha value is -0.510. The normalized spacial score (nSPS) is 36.1. The molecule has 2 aliphatic rings. The molecule has 2 heterocycles. The van der Waals surface area contributed by atoms with Crippen LogP contribution in [-0.2, 0) is 4.74 Å². The summed E-state index contributed by atoms with van der Waals surface area (Å²) in [6.45, 7) is 0.701. The number of thioether (sulfide) groups is 1. The van der Waals surface area contributed by atoms with Gasteiger partial charge in [0.1, 0.15) is 17.8 Å². The second-order valence-corrected chi connectivity index (χ2v) is 4.15. The lowest BCUT2D eigenvalue weighted by molar-refractivity contribution is 0.0935. The van der Waals surface area contributed by atoms with Crippen LogP contribution in [0, 0.1) is 12.3 Å². The lowest BCUT2D eigenvalue weighted by Crippen LogP contribution is -2.43. The Morgan fingerprint density at radius 1 is 1.57 bits per heavy atom. The van der Waals surface area contributed by atoms with Crippen molar-refractivity contribution in [3.8, 4) is 12.3 Å². The molecule has 5 heteroatoms. The summed E-state index contributed by atoms with van der Waals surface area (Å²) >= 11 is 1.65. The van der Waals surface area contributed by atoms with Gasteiger partial charge in [-0.25, -0.2) is 10.9 Å². The van der Waals surface area contributed by atoms with Crippen molar-refractivity contribution >= 4 is 11.8 Å². The van der Waals surface area contributed by atoms with Gasteiger partial charge in [-0.3, -0.25) is 5.32 Å². The topological polar surface area (TPSA) is 45.3 Å². The van der Waals surface area contributed by atoms with E-state index >= 15 is 0 Å². The van der Waals surface area contributed by atoms with E-state index in [0.29, 0.717) is 12.4 Å². The number of hydrazine groups is 1. The molecule has 14 heavy (non-hydrogen) atoms. The van der Waals surface area contributed by atoms with Crippen molar-refractivity contribution in [2.24, 2.45) is 0 Å². The molecule has 0 spiro atoms. The zero-order valence-electron chi connectivity index (χ0n) is 7.69. The van der Waals surface area contributed by atoms with Gasteiger partial charge in [0.25, 0.3) is 0 Å². The lowest BCUT2D eigenvalue weighted by atomic mass is 10.3. The van der Waals surface area contributed by atoms with Crippen LogP contribution in [0.2, 0.25) is 0 Å². The summed E-state index contributed by atoms with van der Waals surface area (Å²) in [7, 11) is 0. The molecule has 3 unspecified atom stereocenters.